The van der Waals surface area contributed by atoms with Crippen LogP contribution in [0.3, 0.4) is 0 Å². The number of hydrogen-bond donors (Lipinski definition) is 2. The van der Waals surface area contributed by atoms with Gasteiger partial charge in [-0.1, -0.05) is 22.9 Å². The number of thiazole rings is 1. The van der Waals surface area contributed by atoms with Gasteiger partial charge in [0.15, 0.2) is 5.13 Å². The number of halogens is 2. The molecule has 1 aromatic carbocycles. The second-order valence-electron chi connectivity index (χ2n) is 3.38. The molecule has 0 aliphatic carbocycles. The number of benzene rings is 1. The lowest BCUT2D eigenvalue weighted by Gasteiger charge is -2.05. The van der Waals surface area contributed by atoms with Crippen molar-refractivity contribution in [3.05, 3.63) is 39.3 Å². The topological polar surface area (TPSA) is 54.0 Å². The second kappa shape index (κ2) is 6.17. The molecule has 0 saturated heterocycles. The Morgan fingerprint density at radius 2 is 2.11 bits per heavy atom. The van der Waals surface area contributed by atoms with E-state index in [0.29, 0.717) is 10.2 Å². The van der Waals surface area contributed by atoms with E-state index in [9.17, 15) is 4.79 Å². The zero-order valence-electron chi connectivity index (χ0n) is 9.11. The van der Waals surface area contributed by atoms with Gasteiger partial charge in [-0.25, -0.2) is 4.98 Å². The highest BCUT2D eigenvalue weighted by atomic mass is 79.9. The van der Waals surface area contributed by atoms with E-state index in [2.05, 4.69) is 31.5 Å². The van der Waals surface area contributed by atoms with Crippen LogP contribution in [0.4, 0.5) is 10.8 Å². The summed E-state index contributed by atoms with van der Waals surface area (Å²) in [5.74, 6) is -0.146. The number of carbonyl (C=O) groups excluding carboxylic acids is 1. The third-order valence-corrected chi connectivity index (χ3v) is 3.66. The molecule has 0 atom stereocenters. The van der Waals surface area contributed by atoms with Crippen LogP contribution in [0.15, 0.2) is 34.2 Å². The standard InChI is InChI=1S/C11H9BrClN3OS/c12-9-5-15-11(18-9)16-10(17)6-14-8-3-1-7(13)2-4-8/h1-5,14H,6H2,(H,15,16,17). The van der Waals surface area contributed by atoms with Gasteiger partial charge in [-0.3, -0.25) is 4.79 Å². The zero-order valence-corrected chi connectivity index (χ0v) is 12.3. The summed E-state index contributed by atoms with van der Waals surface area (Å²) >= 11 is 10.4. The second-order valence-corrected chi connectivity index (χ2v) is 6.22. The quantitative estimate of drug-likeness (QED) is 0.889. The van der Waals surface area contributed by atoms with Gasteiger partial charge in [-0.05, 0) is 40.2 Å². The molecule has 0 aliphatic heterocycles. The summed E-state index contributed by atoms with van der Waals surface area (Å²) in [6, 6.07) is 7.16. The summed E-state index contributed by atoms with van der Waals surface area (Å²) in [6.45, 7) is 0.179. The first-order valence-corrected chi connectivity index (χ1v) is 7.03. The summed E-state index contributed by atoms with van der Waals surface area (Å²) in [4.78, 5) is 15.6. The average molecular weight is 347 g/mol. The lowest BCUT2D eigenvalue weighted by atomic mass is 10.3. The van der Waals surface area contributed by atoms with E-state index in [-0.39, 0.29) is 12.5 Å². The minimum absolute atomic E-state index is 0.146. The highest BCUT2D eigenvalue weighted by molar-refractivity contribution is 9.11. The van der Waals surface area contributed by atoms with Gasteiger partial charge < -0.3 is 10.6 Å². The maximum Gasteiger partial charge on any atom is 0.245 e. The molecule has 2 rings (SSSR count). The maximum atomic E-state index is 11.6. The van der Waals surface area contributed by atoms with Gasteiger partial charge in [0.05, 0.1) is 16.5 Å². The smallest absolute Gasteiger partial charge is 0.245 e. The molecule has 0 bridgehead atoms. The molecule has 2 aromatic rings. The van der Waals surface area contributed by atoms with Crippen LogP contribution >= 0.6 is 38.9 Å². The van der Waals surface area contributed by atoms with Crippen molar-refractivity contribution in [2.24, 2.45) is 0 Å². The van der Waals surface area contributed by atoms with Crippen molar-refractivity contribution in [2.45, 2.75) is 0 Å². The molecular formula is C11H9BrClN3OS. The number of aromatic nitrogens is 1. The zero-order chi connectivity index (χ0) is 13.0. The Bertz CT molecular complexity index is 543. The van der Waals surface area contributed by atoms with E-state index >= 15 is 0 Å². The van der Waals surface area contributed by atoms with E-state index in [1.54, 1.807) is 18.3 Å². The average Bonchev–Trinajstić information content (AvgIpc) is 2.74. The van der Waals surface area contributed by atoms with E-state index in [4.69, 9.17) is 11.6 Å². The molecule has 1 aromatic heterocycles. The molecule has 7 heteroatoms. The molecule has 0 aliphatic rings. The first kappa shape index (κ1) is 13.3. The Morgan fingerprint density at radius 1 is 1.39 bits per heavy atom. The van der Waals surface area contributed by atoms with Crippen molar-refractivity contribution >= 4 is 55.6 Å². The van der Waals surface area contributed by atoms with Crippen LogP contribution in [0.1, 0.15) is 0 Å². The number of nitrogens with one attached hydrogen (secondary N) is 2. The fourth-order valence-corrected chi connectivity index (χ4v) is 2.47. The van der Waals surface area contributed by atoms with Crippen molar-refractivity contribution in [1.82, 2.24) is 4.98 Å². The largest absolute Gasteiger partial charge is 0.376 e. The Hall–Kier alpha value is -1.11. The third-order valence-electron chi connectivity index (χ3n) is 2.02. The van der Waals surface area contributed by atoms with E-state index in [1.165, 1.54) is 11.3 Å². The van der Waals surface area contributed by atoms with E-state index < -0.39 is 0 Å². The van der Waals surface area contributed by atoms with Crippen LogP contribution in [0, 0.1) is 0 Å². The summed E-state index contributed by atoms with van der Waals surface area (Å²) in [7, 11) is 0. The molecule has 4 nitrogen and oxygen atoms in total. The normalized spacial score (nSPS) is 10.1. The van der Waals surface area contributed by atoms with Crippen molar-refractivity contribution < 1.29 is 4.79 Å². The number of rotatable bonds is 4. The Labute approximate surface area is 122 Å². The van der Waals surface area contributed by atoms with Gasteiger partial charge in [-0.15, -0.1) is 0 Å². The molecule has 1 heterocycles. The SMILES string of the molecule is O=C(CNc1ccc(Cl)cc1)Nc1ncc(Br)s1. The fourth-order valence-electron chi connectivity index (χ4n) is 1.23. The van der Waals surface area contributed by atoms with Gasteiger partial charge in [0.25, 0.3) is 0 Å². The van der Waals surface area contributed by atoms with Crippen molar-refractivity contribution in [3.63, 3.8) is 0 Å². The van der Waals surface area contributed by atoms with Gasteiger partial charge in [-0.2, -0.15) is 0 Å². The lowest BCUT2D eigenvalue weighted by Crippen LogP contribution is -2.21. The minimum atomic E-state index is -0.146. The van der Waals surface area contributed by atoms with E-state index in [0.717, 1.165) is 9.47 Å². The molecule has 2 N–H and O–H groups in total. The Balaban J connectivity index is 1.83. The summed E-state index contributed by atoms with van der Waals surface area (Å²) in [5.41, 5.74) is 0.842. The molecule has 0 fully saturated rings. The van der Waals surface area contributed by atoms with Crippen molar-refractivity contribution in [2.75, 3.05) is 17.2 Å². The number of anilines is 2. The Kier molecular flexibility index (Phi) is 4.57. The maximum absolute atomic E-state index is 11.6. The molecule has 94 valence electrons. The van der Waals surface area contributed by atoms with Gasteiger partial charge >= 0.3 is 0 Å². The predicted molar refractivity (Wildman–Crippen MR) is 78.4 cm³/mol. The monoisotopic (exact) mass is 345 g/mol. The van der Waals surface area contributed by atoms with Crippen LogP contribution in [-0.2, 0) is 4.79 Å². The summed E-state index contributed by atoms with van der Waals surface area (Å²) < 4.78 is 0.878. The fraction of sp³-hybridized carbons (Fsp3) is 0.0909. The van der Waals surface area contributed by atoms with Crippen LogP contribution < -0.4 is 10.6 Å². The highest BCUT2D eigenvalue weighted by Crippen LogP contribution is 2.22. The first-order chi connectivity index (χ1) is 8.63. The van der Waals surface area contributed by atoms with Crippen LogP contribution in [-0.4, -0.2) is 17.4 Å². The molecule has 0 spiro atoms. The lowest BCUT2D eigenvalue weighted by molar-refractivity contribution is -0.114. The van der Waals surface area contributed by atoms with Crippen molar-refractivity contribution in [3.8, 4) is 0 Å². The van der Waals surface area contributed by atoms with Gasteiger partial charge in [0.1, 0.15) is 0 Å². The number of nitrogens with zero attached hydrogens (tertiary/aromatic N) is 1. The van der Waals surface area contributed by atoms with Gasteiger partial charge in [0, 0.05) is 10.7 Å². The highest BCUT2D eigenvalue weighted by Gasteiger charge is 2.05. The minimum Gasteiger partial charge on any atom is -0.376 e. The van der Waals surface area contributed by atoms with Crippen molar-refractivity contribution in [1.29, 1.82) is 0 Å². The molecule has 18 heavy (non-hydrogen) atoms. The number of carbonyl (C=O) groups is 1. The third kappa shape index (κ3) is 3.97. The van der Waals surface area contributed by atoms with Crippen LogP contribution in [0.2, 0.25) is 5.02 Å². The number of hydrogen-bond acceptors (Lipinski definition) is 4. The predicted octanol–water partition coefficient (Wildman–Crippen LogP) is 3.61. The molecule has 0 unspecified atom stereocenters. The molecule has 0 radical (unpaired) electrons. The first-order valence-electron chi connectivity index (χ1n) is 5.04. The molecular weight excluding hydrogens is 338 g/mol. The molecule has 1 amide bonds. The van der Waals surface area contributed by atoms with Gasteiger partial charge in [0.2, 0.25) is 5.91 Å². The summed E-state index contributed by atoms with van der Waals surface area (Å²) in [6.07, 6.45) is 1.65. The van der Waals surface area contributed by atoms with Crippen LogP contribution in [0.5, 0.6) is 0 Å². The molecule has 0 saturated carbocycles. The summed E-state index contributed by atoms with van der Waals surface area (Å²) in [5, 5.41) is 6.93. The number of amides is 1. The van der Waals surface area contributed by atoms with Crippen LogP contribution in [0.25, 0.3) is 0 Å². The Morgan fingerprint density at radius 3 is 2.72 bits per heavy atom. The van der Waals surface area contributed by atoms with E-state index in [1.807, 2.05) is 12.1 Å².